The Kier molecular flexibility index (Phi) is 15.2. The molecular formula is C57H68N12O8S. The summed E-state index contributed by atoms with van der Waals surface area (Å²) < 4.78 is 18.2. The van der Waals surface area contributed by atoms with E-state index in [0.29, 0.717) is 67.2 Å². The maximum Gasteiger partial charge on any atom is 0.254 e. The van der Waals surface area contributed by atoms with Gasteiger partial charge in [0.05, 0.1) is 51.9 Å². The van der Waals surface area contributed by atoms with Crippen molar-refractivity contribution >= 4 is 46.3 Å². The second-order valence-corrected chi connectivity index (χ2v) is 22.9. The second kappa shape index (κ2) is 22.5. The van der Waals surface area contributed by atoms with Crippen molar-refractivity contribution in [2.24, 2.45) is 17.8 Å². The van der Waals surface area contributed by atoms with Crippen molar-refractivity contribution in [3.63, 3.8) is 0 Å². The third-order valence-electron chi connectivity index (χ3n) is 16.5. The predicted octanol–water partition coefficient (Wildman–Crippen LogP) is 6.94. The van der Waals surface area contributed by atoms with Crippen LogP contribution in [-0.2, 0) is 14.4 Å². The normalized spacial score (nSPS) is 23.1. The number of piperidine rings is 1. The molecule has 0 radical (unpaired) electrons. The van der Waals surface area contributed by atoms with Gasteiger partial charge in [0.25, 0.3) is 5.88 Å². The lowest BCUT2D eigenvalue weighted by atomic mass is 9.80. The van der Waals surface area contributed by atoms with Crippen molar-refractivity contribution in [1.29, 1.82) is 0 Å². The number of anilines is 3. The van der Waals surface area contributed by atoms with Crippen molar-refractivity contribution in [1.82, 2.24) is 45.4 Å². The van der Waals surface area contributed by atoms with Crippen LogP contribution < -0.4 is 30.3 Å². The van der Waals surface area contributed by atoms with Crippen molar-refractivity contribution in [2.75, 3.05) is 54.9 Å². The first kappa shape index (κ1) is 52.7. The highest BCUT2D eigenvalue weighted by atomic mass is 32.1. The molecule has 410 valence electrons. The van der Waals surface area contributed by atoms with E-state index in [2.05, 4.69) is 45.4 Å². The molecule has 5 aromatic heterocycles. The van der Waals surface area contributed by atoms with Crippen LogP contribution in [0.2, 0.25) is 0 Å². The van der Waals surface area contributed by atoms with Crippen LogP contribution >= 0.6 is 11.3 Å². The molecule has 5 N–H and O–H groups in total. The summed E-state index contributed by atoms with van der Waals surface area (Å²) in [5.41, 5.74) is 13.8. The molecule has 20 nitrogen and oxygen atoms in total. The van der Waals surface area contributed by atoms with Crippen LogP contribution in [-0.4, -0.2) is 138 Å². The zero-order valence-corrected chi connectivity index (χ0v) is 45.3. The zero-order valence-electron chi connectivity index (χ0n) is 44.5. The number of nitrogens with zero attached hydrogens (tertiary/aromatic N) is 10. The number of likely N-dealkylation sites (tertiary alicyclic amines) is 2. The number of aryl methyl sites for hydroxylation is 1. The SMILES string of the molecule is Cc1ncsc1-c1ccc([C@H](C)NC(=O)[C@@H]2C[C@@H](O)CN2C(=O)[C@H](c2cc(OCCC3CCN(C(=O)C4CC(Oc5cc(N6C7CC[C@@H]6CN(c6cc(-c8ccccc8O)nnc6N)C7)ccn5)C4)CC3)no2)C(C)C)cn1. The number of thiazole rings is 1. The zero-order chi connectivity index (χ0) is 54.2. The van der Waals surface area contributed by atoms with E-state index in [1.165, 1.54) is 16.2 Å². The Labute approximate surface area is 457 Å². The lowest BCUT2D eigenvalue weighted by Gasteiger charge is -2.43. The number of nitrogen functional groups attached to an aromatic ring is 1. The molecule has 3 amide bonds. The summed E-state index contributed by atoms with van der Waals surface area (Å²) >= 11 is 1.52. The quantitative estimate of drug-likeness (QED) is 0.0722. The first-order valence-electron chi connectivity index (χ1n) is 27.4. The number of rotatable bonds is 17. The molecule has 11 rings (SSSR count). The molecule has 21 heteroatoms. The Morgan fingerprint density at radius 1 is 0.897 bits per heavy atom. The topological polar surface area (TPSA) is 252 Å². The summed E-state index contributed by atoms with van der Waals surface area (Å²) in [6.45, 7) is 11.0. The summed E-state index contributed by atoms with van der Waals surface area (Å²) in [7, 11) is 0. The average molecular weight is 1080 g/mol. The Morgan fingerprint density at radius 3 is 2.40 bits per heavy atom. The molecule has 78 heavy (non-hydrogen) atoms. The van der Waals surface area contributed by atoms with Gasteiger partial charge in [-0.15, -0.1) is 21.5 Å². The number of nitrogens with one attached hydrogen (secondary N) is 1. The molecule has 5 fully saturated rings. The van der Waals surface area contributed by atoms with Crippen molar-refractivity contribution in [2.45, 2.75) is 121 Å². The summed E-state index contributed by atoms with van der Waals surface area (Å²) in [5.74, 6) is 0.589. The monoisotopic (exact) mass is 1080 g/mol. The van der Waals surface area contributed by atoms with Crippen molar-refractivity contribution < 1.29 is 38.6 Å². The molecular weight excluding hydrogens is 1010 g/mol. The molecule has 2 bridgehead atoms. The van der Waals surface area contributed by atoms with E-state index in [1.54, 1.807) is 36.1 Å². The predicted molar refractivity (Wildman–Crippen MR) is 293 cm³/mol. The Morgan fingerprint density at radius 2 is 1.68 bits per heavy atom. The number of aliphatic hydroxyl groups is 1. The van der Waals surface area contributed by atoms with E-state index in [-0.39, 0.29) is 78.4 Å². The number of carbonyl (C=O) groups excluding carboxylic acids is 3. The van der Waals surface area contributed by atoms with E-state index >= 15 is 0 Å². The lowest BCUT2D eigenvalue weighted by molar-refractivity contribution is -0.143. The number of aromatic nitrogens is 6. The third kappa shape index (κ3) is 11.0. The van der Waals surface area contributed by atoms with Gasteiger partial charge in [-0.1, -0.05) is 32.0 Å². The minimum Gasteiger partial charge on any atom is -0.507 e. The lowest BCUT2D eigenvalue weighted by Crippen LogP contribution is -2.54. The van der Waals surface area contributed by atoms with Gasteiger partial charge in [-0.2, -0.15) is 0 Å². The van der Waals surface area contributed by atoms with Gasteiger partial charge >= 0.3 is 0 Å². The van der Waals surface area contributed by atoms with E-state index in [1.807, 2.05) is 75.1 Å². The third-order valence-corrected chi connectivity index (χ3v) is 17.4. The number of β-amino-alcohol motifs (C(OH)–C–C–N with tert-alkyl or cyclic N) is 1. The van der Waals surface area contributed by atoms with Gasteiger partial charge in [0.1, 0.15) is 23.8 Å². The molecule has 1 aromatic carbocycles. The Bertz CT molecular complexity index is 3090. The van der Waals surface area contributed by atoms with E-state index in [0.717, 1.165) is 78.4 Å². The number of phenols is 1. The fraction of sp³-hybridized carbons (Fsp3) is 0.491. The minimum atomic E-state index is -0.862. The maximum absolute atomic E-state index is 14.3. The summed E-state index contributed by atoms with van der Waals surface area (Å²) in [4.78, 5) is 64.3. The fourth-order valence-corrected chi connectivity index (χ4v) is 12.9. The van der Waals surface area contributed by atoms with Crippen LogP contribution in [0.25, 0.3) is 21.8 Å². The number of ether oxygens (including phenoxy) is 2. The minimum absolute atomic E-state index is 0.0293. The number of aliphatic hydroxyl groups excluding tert-OH is 1. The van der Waals surface area contributed by atoms with E-state index in [4.69, 9.17) is 19.7 Å². The number of piperazine rings is 1. The molecule has 6 atom stereocenters. The highest BCUT2D eigenvalue weighted by Crippen LogP contribution is 2.41. The molecule has 1 aliphatic carbocycles. The summed E-state index contributed by atoms with van der Waals surface area (Å²) in [6, 6.07) is 17.9. The molecule has 4 aliphatic heterocycles. The van der Waals surface area contributed by atoms with Gasteiger partial charge in [0.2, 0.25) is 23.6 Å². The number of benzene rings is 1. The Hall–Kier alpha value is -7.39. The van der Waals surface area contributed by atoms with Crippen LogP contribution in [0.3, 0.4) is 0 Å². The number of hydrogen-bond acceptors (Lipinski definition) is 18. The second-order valence-electron chi connectivity index (χ2n) is 22.0. The smallest absolute Gasteiger partial charge is 0.254 e. The van der Waals surface area contributed by atoms with Crippen LogP contribution in [0, 0.1) is 24.7 Å². The molecule has 6 aromatic rings. The van der Waals surface area contributed by atoms with E-state index < -0.39 is 18.1 Å². The van der Waals surface area contributed by atoms with Gasteiger partial charge < -0.3 is 54.9 Å². The molecule has 9 heterocycles. The molecule has 4 saturated heterocycles. The van der Waals surface area contributed by atoms with Crippen LogP contribution in [0.1, 0.15) is 101 Å². The highest BCUT2D eigenvalue weighted by molar-refractivity contribution is 7.13. The van der Waals surface area contributed by atoms with Crippen LogP contribution in [0.4, 0.5) is 17.2 Å². The number of aromatic hydroxyl groups is 1. The number of amides is 3. The first-order valence-corrected chi connectivity index (χ1v) is 28.2. The first-order chi connectivity index (χ1) is 37.7. The van der Waals surface area contributed by atoms with Gasteiger partial charge in [-0.05, 0) is 112 Å². The standard InChI is InChI=1S/C57H68N12O8S/c1-32(2)52(57(74)68-30-41(70)24-47(68)55(72)62-33(3)36-9-12-44(60-27-36)53-34(4)61-31-78-53)49-26-51(65-77-49)75-20-16-35-14-18-66(19-15-35)56(73)37-21-42(22-37)76-50-23-38(13-17-59-50)69-39-10-11-40(69)29-67(28-39)46-25-45(63-64-54(46)58)43-7-5-6-8-48(43)71/h5-9,12-13,17,23,25-27,31-33,35,37,39-42,47,52,70-71H,10-11,14-16,18-22,24,28-30H2,1-4H3,(H2,58,64)(H,62,72)/t33-,37?,39+,40?,41+,42?,47-,52-/m0/s1. The van der Waals surface area contributed by atoms with Gasteiger partial charge in [-0.25, -0.2) is 9.97 Å². The van der Waals surface area contributed by atoms with Gasteiger partial charge in [0.15, 0.2) is 11.6 Å². The number of nitrogens with two attached hydrogens (primary N) is 1. The fourth-order valence-electron chi connectivity index (χ4n) is 12.1. The molecule has 1 saturated carbocycles. The van der Waals surface area contributed by atoms with Crippen molar-refractivity contribution in [3.05, 3.63) is 95.6 Å². The Balaban J connectivity index is 0.610. The summed E-state index contributed by atoms with van der Waals surface area (Å²) in [6.07, 6.45) is 8.68. The van der Waals surface area contributed by atoms with Gasteiger partial charge in [0, 0.05) is 92.9 Å². The molecule has 1 unspecified atom stereocenters. The molecule has 5 aliphatic rings. The highest BCUT2D eigenvalue weighted by Gasteiger charge is 2.45. The summed E-state index contributed by atoms with van der Waals surface area (Å²) in [5, 5.41) is 36.9. The average Bonchev–Trinajstić information content (AvgIpc) is 4.29. The van der Waals surface area contributed by atoms with Crippen LogP contribution in [0.15, 0.2) is 83.1 Å². The maximum atomic E-state index is 14.3. The largest absolute Gasteiger partial charge is 0.507 e. The van der Waals surface area contributed by atoms with Crippen molar-refractivity contribution in [3.8, 4) is 39.3 Å². The van der Waals surface area contributed by atoms with Crippen LogP contribution in [0.5, 0.6) is 17.5 Å². The van der Waals surface area contributed by atoms with Gasteiger partial charge in [-0.3, -0.25) is 19.4 Å². The number of fused-ring (bicyclic) bond motifs is 2. The number of hydrogen-bond donors (Lipinski definition) is 4. The number of pyridine rings is 2. The van der Waals surface area contributed by atoms with E-state index in [9.17, 15) is 24.6 Å². The molecule has 0 spiro atoms. The number of phenolic OH excluding ortho intramolecular Hbond substituents is 1. The number of carbonyl (C=O) groups is 3. The number of para-hydroxylation sites is 1.